The molecule has 1 aromatic rings. The lowest BCUT2D eigenvalue weighted by Crippen LogP contribution is -2.53. The molecule has 0 radical (unpaired) electrons. The minimum absolute atomic E-state index is 0.142. The standard InChI is InChI=1S/C16H25N3OS/c1-12(17)14-4-2-3-7-18(14)11-16(20)19-8-5-15-13(10-19)6-9-21-15/h6,9,12,14H,2-5,7-8,10-11,17H2,1H3. The minimum Gasteiger partial charge on any atom is -0.337 e. The summed E-state index contributed by atoms with van der Waals surface area (Å²) in [6.45, 7) is 5.25. The Labute approximate surface area is 130 Å². The summed E-state index contributed by atoms with van der Waals surface area (Å²) in [6.07, 6.45) is 4.55. The number of hydrogen-bond donors (Lipinski definition) is 1. The van der Waals surface area contributed by atoms with Crippen LogP contribution < -0.4 is 5.73 Å². The zero-order chi connectivity index (χ0) is 14.8. The van der Waals surface area contributed by atoms with Gasteiger partial charge in [0.05, 0.1) is 6.54 Å². The Morgan fingerprint density at radius 3 is 3.14 bits per heavy atom. The summed E-state index contributed by atoms with van der Waals surface area (Å²) in [7, 11) is 0. The monoisotopic (exact) mass is 307 g/mol. The van der Waals surface area contributed by atoms with Crippen LogP contribution in [0.3, 0.4) is 0 Å². The molecule has 116 valence electrons. The Bertz CT molecular complexity index is 499. The van der Waals surface area contributed by atoms with Crippen LogP contribution in [0.5, 0.6) is 0 Å². The van der Waals surface area contributed by atoms with Gasteiger partial charge in [0.2, 0.25) is 5.91 Å². The van der Waals surface area contributed by atoms with Crippen molar-refractivity contribution >= 4 is 17.2 Å². The van der Waals surface area contributed by atoms with E-state index in [2.05, 4.69) is 23.3 Å². The van der Waals surface area contributed by atoms with E-state index in [1.807, 2.05) is 16.2 Å². The Hall–Kier alpha value is -0.910. The highest BCUT2D eigenvalue weighted by Gasteiger charge is 2.29. The maximum atomic E-state index is 12.6. The zero-order valence-electron chi connectivity index (χ0n) is 12.8. The molecule has 3 rings (SSSR count). The summed E-state index contributed by atoms with van der Waals surface area (Å²) in [5, 5.41) is 2.13. The fourth-order valence-electron chi connectivity index (χ4n) is 3.54. The van der Waals surface area contributed by atoms with E-state index in [4.69, 9.17) is 5.73 Å². The molecular weight excluding hydrogens is 282 g/mol. The Balaban J connectivity index is 1.61. The van der Waals surface area contributed by atoms with Crippen LogP contribution in [0.15, 0.2) is 11.4 Å². The second kappa shape index (κ2) is 6.46. The number of nitrogens with two attached hydrogens (primary N) is 1. The van der Waals surface area contributed by atoms with E-state index < -0.39 is 0 Å². The SMILES string of the molecule is CC(N)C1CCCCN1CC(=O)N1CCc2sccc2C1. The molecule has 0 saturated carbocycles. The van der Waals surface area contributed by atoms with Crippen LogP contribution in [0.4, 0.5) is 0 Å². The number of nitrogens with zero attached hydrogens (tertiary/aromatic N) is 2. The van der Waals surface area contributed by atoms with Gasteiger partial charge in [0.25, 0.3) is 0 Å². The average Bonchev–Trinajstić information content (AvgIpc) is 2.94. The fourth-order valence-corrected chi connectivity index (χ4v) is 4.43. The van der Waals surface area contributed by atoms with Crippen molar-refractivity contribution in [2.75, 3.05) is 19.6 Å². The number of carbonyl (C=O) groups excluding carboxylic acids is 1. The summed E-state index contributed by atoms with van der Waals surface area (Å²) in [5.74, 6) is 0.263. The lowest BCUT2D eigenvalue weighted by Gasteiger charge is -2.39. The normalized spacial score (nSPS) is 24.7. The molecule has 1 saturated heterocycles. The molecule has 1 fully saturated rings. The van der Waals surface area contributed by atoms with Gasteiger partial charge in [-0.15, -0.1) is 11.3 Å². The number of thiophene rings is 1. The molecule has 1 amide bonds. The smallest absolute Gasteiger partial charge is 0.237 e. The molecule has 0 aromatic carbocycles. The molecule has 3 heterocycles. The first-order valence-electron chi connectivity index (χ1n) is 7.98. The van der Waals surface area contributed by atoms with Gasteiger partial charge in [-0.1, -0.05) is 6.42 Å². The molecule has 2 aliphatic heterocycles. The van der Waals surface area contributed by atoms with Crippen LogP contribution in [-0.2, 0) is 17.8 Å². The minimum atomic E-state index is 0.142. The molecule has 0 bridgehead atoms. The molecule has 0 spiro atoms. The molecule has 2 N–H and O–H groups in total. The highest BCUT2D eigenvalue weighted by molar-refractivity contribution is 7.10. The highest BCUT2D eigenvalue weighted by Crippen LogP contribution is 2.25. The largest absolute Gasteiger partial charge is 0.337 e. The van der Waals surface area contributed by atoms with Crippen molar-refractivity contribution in [1.82, 2.24) is 9.80 Å². The van der Waals surface area contributed by atoms with Crippen LogP contribution in [-0.4, -0.2) is 47.4 Å². The third-order valence-corrected chi connectivity index (χ3v) is 5.79. The number of carbonyl (C=O) groups is 1. The Morgan fingerprint density at radius 1 is 1.48 bits per heavy atom. The number of likely N-dealkylation sites (tertiary alicyclic amines) is 1. The lowest BCUT2D eigenvalue weighted by atomic mass is 9.97. The van der Waals surface area contributed by atoms with E-state index in [9.17, 15) is 4.79 Å². The van der Waals surface area contributed by atoms with Crippen LogP contribution >= 0.6 is 11.3 Å². The van der Waals surface area contributed by atoms with Gasteiger partial charge in [-0.25, -0.2) is 0 Å². The topological polar surface area (TPSA) is 49.6 Å². The van der Waals surface area contributed by atoms with Gasteiger partial charge in [-0.05, 0) is 49.7 Å². The fraction of sp³-hybridized carbons (Fsp3) is 0.688. The van der Waals surface area contributed by atoms with Crippen molar-refractivity contribution in [2.45, 2.75) is 51.2 Å². The number of rotatable bonds is 3. The van der Waals surface area contributed by atoms with Crippen molar-refractivity contribution in [3.63, 3.8) is 0 Å². The summed E-state index contributed by atoms with van der Waals surface area (Å²) in [4.78, 5) is 18.4. The molecule has 4 nitrogen and oxygen atoms in total. The molecule has 5 heteroatoms. The molecular formula is C16H25N3OS. The van der Waals surface area contributed by atoms with Crippen LogP contribution in [0, 0.1) is 0 Å². The first-order chi connectivity index (χ1) is 10.1. The Morgan fingerprint density at radius 2 is 2.33 bits per heavy atom. The molecule has 0 aliphatic carbocycles. The second-order valence-corrected chi connectivity index (χ2v) is 7.33. The number of hydrogen-bond acceptors (Lipinski definition) is 4. The highest BCUT2D eigenvalue weighted by atomic mass is 32.1. The van der Waals surface area contributed by atoms with Crippen LogP contribution in [0.1, 0.15) is 36.6 Å². The quantitative estimate of drug-likeness (QED) is 0.927. The van der Waals surface area contributed by atoms with E-state index >= 15 is 0 Å². The van der Waals surface area contributed by atoms with Gasteiger partial charge in [0, 0.05) is 30.1 Å². The first-order valence-corrected chi connectivity index (χ1v) is 8.86. The van der Waals surface area contributed by atoms with Gasteiger partial charge in [-0.2, -0.15) is 0 Å². The number of fused-ring (bicyclic) bond motifs is 1. The van der Waals surface area contributed by atoms with E-state index in [1.165, 1.54) is 23.3 Å². The van der Waals surface area contributed by atoms with E-state index in [0.717, 1.165) is 32.5 Å². The van der Waals surface area contributed by atoms with Crippen molar-refractivity contribution in [3.05, 3.63) is 21.9 Å². The number of piperidine rings is 1. The Kier molecular flexibility index (Phi) is 4.62. The van der Waals surface area contributed by atoms with E-state index in [-0.39, 0.29) is 11.9 Å². The summed E-state index contributed by atoms with van der Waals surface area (Å²) in [6, 6.07) is 2.66. The maximum Gasteiger partial charge on any atom is 0.237 e. The summed E-state index contributed by atoms with van der Waals surface area (Å²) in [5.41, 5.74) is 7.43. The first kappa shape index (κ1) is 15.0. The van der Waals surface area contributed by atoms with Gasteiger partial charge < -0.3 is 10.6 Å². The van der Waals surface area contributed by atoms with E-state index in [0.29, 0.717) is 12.6 Å². The van der Waals surface area contributed by atoms with Crippen molar-refractivity contribution < 1.29 is 4.79 Å². The average molecular weight is 307 g/mol. The lowest BCUT2D eigenvalue weighted by molar-refractivity contribution is -0.134. The maximum absolute atomic E-state index is 12.6. The molecule has 21 heavy (non-hydrogen) atoms. The third-order valence-electron chi connectivity index (χ3n) is 4.77. The third kappa shape index (κ3) is 3.30. The molecule has 2 aliphatic rings. The molecule has 1 aromatic heterocycles. The molecule has 2 atom stereocenters. The summed E-state index contributed by atoms with van der Waals surface area (Å²) >= 11 is 1.81. The number of amides is 1. The van der Waals surface area contributed by atoms with Gasteiger partial charge in [0.1, 0.15) is 0 Å². The van der Waals surface area contributed by atoms with Crippen LogP contribution in [0.25, 0.3) is 0 Å². The zero-order valence-corrected chi connectivity index (χ0v) is 13.6. The van der Waals surface area contributed by atoms with Gasteiger partial charge in [-0.3, -0.25) is 9.69 Å². The molecule has 2 unspecified atom stereocenters. The van der Waals surface area contributed by atoms with E-state index in [1.54, 1.807) is 0 Å². The van der Waals surface area contributed by atoms with Gasteiger partial charge >= 0.3 is 0 Å². The summed E-state index contributed by atoms with van der Waals surface area (Å²) < 4.78 is 0. The van der Waals surface area contributed by atoms with Gasteiger partial charge in [0.15, 0.2) is 0 Å². The predicted octanol–water partition coefficient (Wildman–Crippen LogP) is 1.83. The second-order valence-electron chi connectivity index (χ2n) is 6.33. The van der Waals surface area contributed by atoms with Crippen LogP contribution in [0.2, 0.25) is 0 Å². The van der Waals surface area contributed by atoms with Crippen molar-refractivity contribution in [2.24, 2.45) is 5.73 Å². The predicted molar refractivity (Wildman–Crippen MR) is 86.3 cm³/mol. The van der Waals surface area contributed by atoms with Crippen molar-refractivity contribution in [3.8, 4) is 0 Å². The van der Waals surface area contributed by atoms with Crippen molar-refractivity contribution in [1.29, 1.82) is 0 Å².